The largest absolute Gasteiger partial charge is 0.272 e. The van der Waals surface area contributed by atoms with Gasteiger partial charge in [-0.1, -0.05) is 0 Å². The Balaban J connectivity index is 2.47. The topological polar surface area (TPSA) is 87.8 Å². The van der Waals surface area contributed by atoms with Crippen molar-refractivity contribution < 1.29 is 8.42 Å². The molecule has 0 saturated carbocycles. The number of aryl methyl sites for hydroxylation is 4. The second kappa shape index (κ2) is 4.92. The maximum absolute atomic E-state index is 12.3. The second-order valence-corrected chi connectivity index (χ2v) is 7.62. The van der Waals surface area contributed by atoms with E-state index in [0.717, 1.165) is 10.4 Å². The summed E-state index contributed by atoms with van der Waals surface area (Å²) in [6.07, 6.45) is 0. The van der Waals surface area contributed by atoms with Gasteiger partial charge in [-0.2, -0.15) is 10.4 Å². The first-order chi connectivity index (χ1) is 9.26. The van der Waals surface area contributed by atoms with E-state index in [2.05, 4.69) is 9.82 Å². The fraction of sp³-hybridized carbons (Fsp3) is 0.333. The Kier molecular flexibility index (Phi) is 3.58. The van der Waals surface area contributed by atoms with Crippen LogP contribution in [-0.2, 0) is 17.1 Å². The normalized spacial score (nSPS) is 11.3. The fourth-order valence-electron chi connectivity index (χ4n) is 1.76. The minimum atomic E-state index is -3.70. The van der Waals surface area contributed by atoms with Crippen LogP contribution >= 0.6 is 11.3 Å². The summed E-state index contributed by atoms with van der Waals surface area (Å²) in [5, 5.41) is 13.1. The van der Waals surface area contributed by atoms with Gasteiger partial charge in [-0.3, -0.25) is 9.40 Å². The zero-order valence-electron chi connectivity index (χ0n) is 11.6. The van der Waals surface area contributed by atoms with E-state index in [0.29, 0.717) is 5.69 Å². The Morgan fingerprint density at radius 2 is 2.05 bits per heavy atom. The van der Waals surface area contributed by atoms with Gasteiger partial charge in [-0.25, -0.2) is 8.42 Å². The lowest BCUT2D eigenvalue weighted by molar-refractivity contribution is 0.602. The SMILES string of the molecule is Cc1cc(S(=O)(=O)Nc2c(C#N)c(C)nn2C)sc1C. The molecule has 0 aliphatic carbocycles. The molecule has 0 aliphatic rings. The number of anilines is 1. The van der Waals surface area contributed by atoms with Gasteiger partial charge in [0.1, 0.15) is 15.8 Å². The van der Waals surface area contributed by atoms with Crippen molar-refractivity contribution in [3.63, 3.8) is 0 Å². The molecule has 1 N–H and O–H groups in total. The molecule has 0 saturated heterocycles. The van der Waals surface area contributed by atoms with Crippen LogP contribution in [0.1, 0.15) is 21.7 Å². The van der Waals surface area contributed by atoms with E-state index in [1.54, 1.807) is 20.0 Å². The van der Waals surface area contributed by atoms with Gasteiger partial charge in [0.25, 0.3) is 10.0 Å². The number of hydrogen-bond acceptors (Lipinski definition) is 5. The highest BCUT2D eigenvalue weighted by Gasteiger charge is 2.22. The van der Waals surface area contributed by atoms with Crippen LogP contribution in [0.4, 0.5) is 5.82 Å². The van der Waals surface area contributed by atoms with E-state index in [-0.39, 0.29) is 15.6 Å². The molecule has 2 aromatic heterocycles. The number of thiophene rings is 1. The van der Waals surface area contributed by atoms with Gasteiger partial charge >= 0.3 is 0 Å². The van der Waals surface area contributed by atoms with Gasteiger partial charge in [0.15, 0.2) is 5.82 Å². The number of nitriles is 1. The molecule has 106 valence electrons. The molecule has 0 fully saturated rings. The number of rotatable bonds is 3. The molecule has 20 heavy (non-hydrogen) atoms. The second-order valence-electron chi connectivity index (χ2n) is 4.45. The summed E-state index contributed by atoms with van der Waals surface area (Å²) in [7, 11) is -2.11. The quantitative estimate of drug-likeness (QED) is 0.940. The van der Waals surface area contributed by atoms with Crippen molar-refractivity contribution in [1.29, 1.82) is 5.26 Å². The Bertz CT molecular complexity index is 790. The molecule has 2 rings (SSSR count). The van der Waals surface area contributed by atoms with Gasteiger partial charge in [-0.05, 0) is 32.4 Å². The van der Waals surface area contributed by atoms with Crippen molar-refractivity contribution in [2.45, 2.75) is 25.0 Å². The van der Waals surface area contributed by atoms with Crippen molar-refractivity contribution in [2.24, 2.45) is 7.05 Å². The van der Waals surface area contributed by atoms with E-state index < -0.39 is 10.0 Å². The van der Waals surface area contributed by atoms with Gasteiger partial charge in [0.2, 0.25) is 0 Å². The van der Waals surface area contributed by atoms with Crippen LogP contribution in [-0.4, -0.2) is 18.2 Å². The summed E-state index contributed by atoms with van der Waals surface area (Å²) in [6.45, 7) is 5.39. The Labute approximate surface area is 121 Å². The predicted molar refractivity (Wildman–Crippen MR) is 77.3 cm³/mol. The third kappa shape index (κ3) is 2.42. The third-order valence-electron chi connectivity index (χ3n) is 2.97. The predicted octanol–water partition coefficient (Wildman–Crippen LogP) is 2.08. The van der Waals surface area contributed by atoms with Crippen LogP contribution in [0.25, 0.3) is 0 Å². The monoisotopic (exact) mass is 310 g/mol. The average molecular weight is 310 g/mol. The van der Waals surface area contributed by atoms with E-state index >= 15 is 0 Å². The fourth-order valence-corrected chi connectivity index (χ4v) is 4.38. The zero-order valence-corrected chi connectivity index (χ0v) is 13.2. The zero-order chi connectivity index (χ0) is 15.1. The molecule has 0 aromatic carbocycles. The van der Waals surface area contributed by atoms with Crippen LogP contribution in [0.15, 0.2) is 10.3 Å². The highest BCUT2D eigenvalue weighted by Crippen LogP contribution is 2.28. The van der Waals surface area contributed by atoms with Gasteiger partial charge in [0, 0.05) is 11.9 Å². The lowest BCUT2D eigenvalue weighted by Crippen LogP contribution is -2.15. The Hall–Kier alpha value is -1.85. The first-order valence-corrected chi connectivity index (χ1v) is 8.09. The molecular weight excluding hydrogens is 296 g/mol. The van der Waals surface area contributed by atoms with E-state index in [1.807, 2.05) is 19.9 Å². The van der Waals surface area contributed by atoms with Gasteiger partial charge < -0.3 is 0 Å². The van der Waals surface area contributed by atoms with Crippen LogP contribution in [0.5, 0.6) is 0 Å². The van der Waals surface area contributed by atoms with Crippen LogP contribution in [0.3, 0.4) is 0 Å². The van der Waals surface area contributed by atoms with Gasteiger partial charge in [-0.15, -0.1) is 11.3 Å². The molecule has 0 radical (unpaired) electrons. The van der Waals surface area contributed by atoms with Crippen LogP contribution in [0.2, 0.25) is 0 Å². The Morgan fingerprint density at radius 3 is 2.55 bits per heavy atom. The summed E-state index contributed by atoms with van der Waals surface area (Å²) in [4.78, 5) is 0.951. The molecule has 0 bridgehead atoms. The summed E-state index contributed by atoms with van der Waals surface area (Å²) in [5.41, 5.74) is 1.66. The Morgan fingerprint density at radius 1 is 1.40 bits per heavy atom. The summed E-state index contributed by atoms with van der Waals surface area (Å²) in [5.74, 6) is 0.189. The molecule has 0 amide bonds. The lowest BCUT2D eigenvalue weighted by Gasteiger charge is -2.06. The molecule has 0 spiro atoms. The van der Waals surface area contributed by atoms with E-state index in [4.69, 9.17) is 5.26 Å². The first-order valence-electron chi connectivity index (χ1n) is 5.80. The molecule has 0 unspecified atom stereocenters. The lowest BCUT2D eigenvalue weighted by atomic mass is 10.3. The third-order valence-corrected chi connectivity index (χ3v) is 5.94. The molecule has 2 heterocycles. The highest BCUT2D eigenvalue weighted by molar-refractivity contribution is 7.94. The summed E-state index contributed by atoms with van der Waals surface area (Å²) < 4.78 is 28.7. The number of nitrogens with one attached hydrogen (secondary N) is 1. The van der Waals surface area contributed by atoms with E-state index in [9.17, 15) is 8.42 Å². The maximum Gasteiger partial charge on any atom is 0.272 e. The highest BCUT2D eigenvalue weighted by atomic mass is 32.2. The number of aromatic nitrogens is 2. The molecule has 8 heteroatoms. The molecule has 6 nitrogen and oxygen atoms in total. The molecule has 0 aliphatic heterocycles. The minimum absolute atomic E-state index is 0.189. The standard InChI is InChI=1S/C12H14N4O2S2/c1-7-5-11(19-9(7)3)20(17,18)15-12-10(6-13)8(2)14-16(12)4/h5,15H,1-4H3. The number of sulfonamides is 1. The van der Waals surface area contributed by atoms with Crippen LogP contribution < -0.4 is 4.72 Å². The molecular formula is C12H14N4O2S2. The van der Waals surface area contributed by atoms with Crippen molar-refractivity contribution in [3.8, 4) is 6.07 Å². The van der Waals surface area contributed by atoms with Crippen molar-refractivity contribution >= 4 is 27.2 Å². The number of hydrogen-bond donors (Lipinski definition) is 1. The van der Waals surface area contributed by atoms with Crippen molar-refractivity contribution in [1.82, 2.24) is 9.78 Å². The molecule has 0 atom stereocenters. The first kappa shape index (κ1) is 14.6. The van der Waals surface area contributed by atoms with E-state index in [1.165, 1.54) is 16.0 Å². The smallest absolute Gasteiger partial charge is 0.262 e. The summed E-state index contributed by atoms with van der Waals surface area (Å²) in [6, 6.07) is 3.59. The van der Waals surface area contributed by atoms with Crippen LogP contribution in [0, 0.1) is 32.1 Å². The molecule has 2 aromatic rings. The maximum atomic E-state index is 12.3. The summed E-state index contributed by atoms with van der Waals surface area (Å²) >= 11 is 1.20. The minimum Gasteiger partial charge on any atom is -0.262 e. The van der Waals surface area contributed by atoms with Crippen molar-refractivity contribution in [3.05, 3.63) is 27.8 Å². The van der Waals surface area contributed by atoms with Gasteiger partial charge in [0.05, 0.1) is 5.69 Å². The number of nitrogens with zero attached hydrogens (tertiary/aromatic N) is 3. The average Bonchev–Trinajstić information content (AvgIpc) is 2.81. The van der Waals surface area contributed by atoms with Crippen molar-refractivity contribution in [2.75, 3.05) is 4.72 Å².